The van der Waals surface area contributed by atoms with Crippen LogP contribution in [0.5, 0.6) is 0 Å². The second-order valence-electron chi connectivity index (χ2n) is 5.82. The normalized spacial score (nSPS) is 15.9. The van der Waals surface area contributed by atoms with Crippen molar-refractivity contribution in [3.05, 3.63) is 52.6 Å². The summed E-state index contributed by atoms with van der Waals surface area (Å²) in [6.07, 6.45) is 2.16. The first-order valence-electron chi connectivity index (χ1n) is 8.08. The van der Waals surface area contributed by atoms with Gasteiger partial charge in [0.1, 0.15) is 15.8 Å². The molecule has 1 aromatic heterocycles. The minimum absolute atomic E-state index is 0.0113. The Labute approximate surface area is 160 Å². The molecule has 1 N–H and O–H groups in total. The summed E-state index contributed by atoms with van der Waals surface area (Å²) in [7, 11) is 0. The molecule has 3 rings (SSSR count). The van der Waals surface area contributed by atoms with Crippen molar-refractivity contribution in [2.75, 3.05) is 6.54 Å². The molecule has 1 saturated heterocycles. The molecule has 0 unspecified atom stereocenters. The van der Waals surface area contributed by atoms with E-state index in [4.69, 9.17) is 21.7 Å². The van der Waals surface area contributed by atoms with E-state index in [1.165, 1.54) is 16.7 Å². The molecule has 26 heavy (non-hydrogen) atoms. The van der Waals surface area contributed by atoms with E-state index in [1.54, 1.807) is 6.08 Å². The van der Waals surface area contributed by atoms with Crippen LogP contribution in [0.25, 0.3) is 17.4 Å². The number of furan rings is 1. The van der Waals surface area contributed by atoms with E-state index in [2.05, 4.69) is 0 Å². The summed E-state index contributed by atoms with van der Waals surface area (Å²) in [4.78, 5) is 25.2. The summed E-state index contributed by atoms with van der Waals surface area (Å²) in [5.41, 5.74) is 1.80. The van der Waals surface area contributed by atoms with Gasteiger partial charge in [-0.1, -0.05) is 54.3 Å². The third-order valence-corrected chi connectivity index (χ3v) is 5.32. The van der Waals surface area contributed by atoms with E-state index >= 15 is 0 Å². The third kappa shape index (κ3) is 4.05. The lowest BCUT2D eigenvalue weighted by molar-refractivity contribution is -0.137. The van der Waals surface area contributed by atoms with Crippen molar-refractivity contribution in [3.63, 3.8) is 0 Å². The Bertz CT molecular complexity index is 886. The zero-order valence-corrected chi connectivity index (χ0v) is 15.7. The zero-order valence-electron chi connectivity index (χ0n) is 14.1. The van der Waals surface area contributed by atoms with E-state index in [1.807, 2.05) is 43.3 Å². The summed E-state index contributed by atoms with van der Waals surface area (Å²) in [5.74, 6) is 0.395. The van der Waals surface area contributed by atoms with Gasteiger partial charge in [-0.05, 0) is 25.5 Å². The smallest absolute Gasteiger partial charge is 0.303 e. The van der Waals surface area contributed by atoms with Crippen LogP contribution in [-0.2, 0) is 9.59 Å². The fourth-order valence-corrected chi connectivity index (χ4v) is 3.91. The molecule has 1 aromatic carbocycles. The topological polar surface area (TPSA) is 70.8 Å². The third-order valence-electron chi connectivity index (χ3n) is 3.95. The minimum atomic E-state index is -0.881. The maximum Gasteiger partial charge on any atom is 0.303 e. The van der Waals surface area contributed by atoms with Crippen molar-refractivity contribution >= 4 is 46.3 Å². The molecule has 0 saturated carbocycles. The Balaban J connectivity index is 1.78. The highest BCUT2D eigenvalue weighted by atomic mass is 32.2. The number of nitrogens with zero attached hydrogens (tertiary/aromatic N) is 1. The summed E-state index contributed by atoms with van der Waals surface area (Å²) < 4.78 is 6.27. The number of hydrogen-bond acceptors (Lipinski definition) is 5. The molecule has 2 aromatic rings. The number of rotatable bonds is 6. The van der Waals surface area contributed by atoms with E-state index < -0.39 is 5.97 Å². The van der Waals surface area contributed by atoms with Crippen molar-refractivity contribution in [1.29, 1.82) is 0 Å². The average Bonchev–Trinajstić information content (AvgIpc) is 3.10. The number of aryl methyl sites for hydroxylation is 1. The highest BCUT2D eigenvalue weighted by Crippen LogP contribution is 2.34. The molecule has 1 amide bonds. The molecule has 0 aliphatic carbocycles. The van der Waals surface area contributed by atoms with Crippen molar-refractivity contribution in [3.8, 4) is 11.3 Å². The number of thiocarbonyl (C=S) groups is 1. The van der Waals surface area contributed by atoms with Crippen molar-refractivity contribution in [2.45, 2.75) is 19.8 Å². The highest BCUT2D eigenvalue weighted by Gasteiger charge is 2.32. The zero-order chi connectivity index (χ0) is 18.7. The fraction of sp³-hybridized carbons (Fsp3) is 0.211. The molecule has 7 heteroatoms. The van der Waals surface area contributed by atoms with Crippen LogP contribution < -0.4 is 0 Å². The monoisotopic (exact) mass is 387 g/mol. The summed E-state index contributed by atoms with van der Waals surface area (Å²) in [6.45, 7) is 2.17. The minimum Gasteiger partial charge on any atom is -0.481 e. The molecule has 2 heterocycles. The summed E-state index contributed by atoms with van der Waals surface area (Å²) in [5, 5.41) is 8.73. The van der Waals surface area contributed by atoms with Gasteiger partial charge in [-0.2, -0.15) is 0 Å². The summed E-state index contributed by atoms with van der Waals surface area (Å²) >= 11 is 6.49. The molecule has 134 valence electrons. The Morgan fingerprint density at radius 1 is 1.35 bits per heavy atom. The number of aliphatic carboxylic acids is 1. The van der Waals surface area contributed by atoms with Gasteiger partial charge in [0.05, 0.1) is 4.91 Å². The molecular formula is C19H17NO4S2. The van der Waals surface area contributed by atoms with Gasteiger partial charge in [0.25, 0.3) is 5.91 Å². The molecular weight excluding hydrogens is 370 g/mol. The van der Waals surface area contributed by atoms with Crippen LogP contribution in [0.2, 0.25) is 0 Å². The van der Waals surface area contributed by atoms with Crippen LogP contribution in [0.3, 0.4) is 0 Å². The first-order valence-corrected chi connectivity index (χ1v) is 9.31. The number of thioether (sulfide) groups is 1. The number of carbonyl (C=O) groups excluding carboxylic acids is 1. The quantitative estimate of drug-likeness (QED) is 0.588. The van der Waals surface area contributed by atoms with Crippen molar-refractivity contribution < 1.29 is 19.1 Å². The number of hydrogen-bond donors (Lipinski definition) is 1. The maximum atomic E-state index is 12.6. The van der Waals surface area contributed by atoms with Crippen molar-refractivity contribution in [2.24, 2.45) is 0 Å². The van der Waals surface area contributed by atoms with Crippen LogP contribution in [0.15, 0.2) is 45.7 Å². The second kappa shape index (κ2) is 7.88. The fourth-order valence-electron chi connectivity index (χ4n) is 2.61. The van der Waals surface area contributed by atoms with Gasteiger partial charge < -0.3 is 9.52 Å². The summed E-state index contributed by atoms with van der Waals surface area (Å²) in [6, 6.07) is 11.6. The van der Waals surface area contributed by atoms with Crippen LogP contribution in [0, 0.1) is 6.92 Å². The van der Waals surface area contributed by atoms with Crippen LogP contribution >= 0.6 is 24.0 Å². The standard InChI is InChI=1S/C19H17NO4S2/c1-12-14(10-15(24-12)13-6-3-2-4-7-13)11-16-18(23)20(19(25)26-16)9-5-8-17(21)22/h2-4,6-7,10-11H,5,8-9H2,1H3,(H,21,22). The lowest BCUT2D eigenvalue weighted by atomic mass is 10.1. The predicted molar refractivity (Wildman–Crippen MR) is 106 cm³/mol. The molecule has 1 fully saturated rings. The van der Waals surface area contributed by atoms with E-state index in [0.29, 0.717) is 22.2 Å². The van der Waals surface area contributed by atoms with Gasteiger partial charge in [-0.25, -0.2) is 0 Å². The first kappa shape index (κ1) is 18.4. The molecule has 0 atom stereocenters. The largest absolute Gasteiger partial charge is 0.481 e. The Kier molecular flexibility index (Phi) is 5.58. The van der Waals surface area contributed by atoms with E-state index in [9.17, 15) is 9.59 Å². The highest BCUT2D eigenvalue weighted by molar-refractivity contribution is 8.26. The Morgan fingerprint density at radius 3 is 2.77 bits per heavy atom. The van der Waals surface area contributed by atoms with Gasteiger partial charge in [0.15, 0.2) is 0 Å². The van der Waals surface area contributed by atoms with Crippen LogP contribution in [0.4, 0.5) is 0 Å². The van der Waals surface area contributed by atoms with Gasteiger partial charge in [-0.3, -0.25) is 14.5 Å². The maximum absolute atomic E-state index is 12.6. The van der Waals surface area contributed by atoms with Gasteiger partial charge in [0.2, 0.25) is 0 Å². The van der Waals surface area contributed by atoms with Gasteiger partial charge >= 0.3 is 5.97 Å². The molecule has 0 radical (unpaired) electrons. The Morgan fingerprint density at radius 2 is 2.08 bits per heavy atom. The lowest BCUT2D eigenvalue weighted by Gasteiger charge is -2.13. The molecule has 0 bridgehead atoms. The number of amides is 1. The van der Waals surface area contributed by atoms with Crippen molar-refractivity contribution in [1.82, 2.24) is 4.90 Å². The number of carboxylic acid groups (broad SMARTS) is 1. The lowest BCUT2D eigenvalue weighted by Crippen LogP contribution is -2.29. The Hall–Kier alpha value is -2.38. The van der Waals surface area contributed by atoms with E-state index in [-0.39, 0.29) is 12.3 Å². The SMILES string of the molecule is Cc1oc(-c2ccccc2)cc1C=C1SC(=S)N(CCCC(=O)O)C1=O. The number of carbonyl (C=O) groups is 2. The van der Waals surface area contributed by atoms with E-state index in [0.717, 1.165) is 22.6 Å². The van der Waals surface area contributed by atoms with Gasteiger partial charge in [0, 0.05) is 24.1 Å². The molecule has 5 nitrogen and oxygen atoms in total. The average molecular weight is 387 g/mol. The second-order valence-corrected chi connectivity index (χ2v) is 7.49. The predicted octanol–water partition coefficient (Wildman–Crippen LogP) is 4.32. The first-order chi connectivity index (χ1) is 12.5. The molecule has 1 aliphatic heterocycles. The number of carboxylic acids is 1. The molecule has 0 spiro atoms. The van der Waals surface area contributed by atoms with Crippen LogP contribution in [-0.4, -0.2) is 32.7 Å². The van der Waals surface area contributed by atoms with Crippen LogP contribution in [0.1, 0.15) is 24.2 Å². The molecule has 1 aliphatic rings. The van der Waals surface area contributed by atoms with Gasteiger partial charge in [-0.15, -0.1) is 0 Å². The number of benzene rings is 1.